The number of hydrogen-bond donors (Lipinski definition) is 2. The van der Waals surface area contributed by atoms with E-state index in [1.54, 1.807) is 0 Å². The SMILES string of the molecule is C=CC(=O)N[SiH]1CC(O)C1. The molecule has 0 aliphatic carbocycles. The second-order valence-corrected chi connectivity index (χ2v) is 5.16. The summed E-state index contributed by atoms with van der Waals surface area (Å²) in [6.07, 6.45) is 1.12. The van der Waals surface area contributed by atoms with Gasteiger partial charge in [-0.05, 0) is 18.2 Å². The predicted molar refractivity (Wildman–Crippen MR) is 41.1 cm³/mol. The summed E-state index contributed by atoms with van der Waals surface area (Å²) in [5, 5.41) is 8.86. The molecule has 0 saturated carbocycles. The molecule has 0 aromatic carbocycles. The van der Waals surface area contributed by atoms with Crippen LogP contribution in [0.1, 0.15) is 0 Å². The summed E-state index contributed by atoms with van der Waals surface area (Å²) >= 11 is 0. The zero-order valence-corrected chi connectivity index (χ0v) is 6.86. The molecule has 1 heterocycles. The number of rotatable bonds is 2. The van der Waals surface area contributed by atoms with Crippen LogP contribution in [0.3, 0.4) is 0 Å². The Morgan fingerprint density at radius 3 is 2.80 bits per heavy atom. The number of carbonyl (C=O) groups excluding carboxylic acids is 1. The van der Waals surface area contributed by atoms with E-state index in [4.69, 9.17) is 5.11 Å². The van der Waals surface area contributed by atoms with Crippen LogP contribution in [0, 0.1) is 0 Å². The quantitative estimate of drug-likeness (QED) is 0.415. The molecule has 1 aliphatic rings. The van der Waals surface area contributed by atoms with E-state index in [0.29, 0.717) is 0 Å². The van der Waals surface area contributed by atoms with Crippen molar-refractivity contribution in [2.75, 3.05) is 0 Å². The van der Waals surface area contributed by atoms with Gasteiger partial charge in [0.25, 0.3) is 0 Å². The van der Waals surface area contributed by atoms with Crippen LogP contribution >= 0.6 is 0 Å². The van der Waals surface area contributed by atoms with Crippen molar-refractivity contribution in [3.63, 3.8) is 0 Å². The molecule has 1 aliphatic heterocycles. The maximum atomic E-state index is 10.6. The van der Waals surface area contributed by atoms with Gasteiger partial charge < -0.3 is 10.1 Å². The highest BCUT2D eigenvalue weighted by Crippen LogP contribution is 2.18. The minimum Gasteiger partial charge on any atom is -0.394 e. The molecule has 0 aromatic heterocycles. The van der Waals surface area contributed by atoms with E-state index in [0.717, 1.165) is 12.1 Å². The Morgan fingerprint density at radius 2 is 2.40 bits per heavy atom. The van der Waals surface area contributed by atoms with E-state index in [9.17, 15) is 4.79 Å². The molecule has 0 bridgehead atoms. The first-order chi connectivity index (χ1) is 4.72. The first-order valence-corrected chi connectivity index (χ1v) is 5.54. The van der Waals surface area contributed by atoms with Crippen molar-refractivity contribution in [1.29, 1.82) is 0 Å². The molecule has 0 atom stereocenters. The lowest BCUT2D eigenvalue weighted by Gasteiger charge is -2.29. The summed E-state index contributed by atoms with van der Waals surface area (Å²) in [4.78, 5) is 13.5. The predicted octanol–water partition coefficient (Wildman–Crippen LogP) is -0.613. The summed E-state index contributed by atoms with van der Waals surface area (Å²) < 4.78 is 0. The van der Waals surface area contributed by atoms with Gasteiger partial charge in [0.05, 0.1) is 6.10 Å². The monoisotopic (exact) mass is 157 g/mol. The Labute approximate surface area is 61.4 Å². The molecule has 1 rings (SSSR count). The van der Waals surface area contributed by atoms with Crippen LogP contribution in [0.2, 0.25) is 12.1 Å². The molecular weight excluding hydrogens is 146 g/mol. The van der Waals surface area contributed by atoms with Crippen LogP contribution in [0.25, 0.3) is 0 Å². The van der Waals surface area contributed by atoms with Gasteiger partial charge in [0, 0.05) is 0 Å². The van der Waals surface area contributed by atoms with Crippen molar-refractivity contribution < 1.29 is 9.90 Å². The summed E-state index contributed by atoms with van der Waals surface area (Å²) in [5.41, 5.74) is 0. The maximum Gasteiger partial charge on any atom is 0.235 e. The topological polar surface area (TPSA) is 49.3 Å². The Balaban J connectivity index is 2.16. The summed E-state index contributed by atoms with van der Waals surface area (Å²) in [6.45, 7) is 3.34. The number of nitrogens with one attached hydrogen (secondary N) is 1. The molecule has 0 radical (unpaired) electrons. The highest BCUT2D eigenvalue weighted by molar-refractivity contribution is 6.62. The van der Waals surface area contributed by atoms with E-state index in [1.807, 2.05) is 0 Å². The fraction of sp³-hybridized carbons (Fsp3) is 0.500. The largest absolute Gasteiger partial charge is 0.394 e. The van der Waals surface area contributed by atoms with Crippen molar-refractivity contribution in [3.8, 4) is 0 Å². The minimum absolute atomic E-state index is 0.0939. The van der Waals surface area contributed by atoms with Gasteiger partial charge in [-0.25, -0.2) is 0 Å². The Kier molecular flexibility index (Phi) is 2.24. The Hall–Kier alpha value is -0.613. The van der Waals surface area contributed by atoms with E-state index in [-0.39, 0.29) is 12.0 Å². The van der Waals surface area contributed by atoms with Gasteiger partial charge in [-0.1, -0.05) is 6.58 Å². The average molecular weight is 157 g/mol. The first kappa shape index (κ1) is 7.49. The fourth-order valence-corrected chi connectivity index (χ4v) is 2.90. The molecule has 1 saturated heterocycles. The van der Waals surface area contributed by atoms with Gasteiger partial charge in [0.2, 0.25) is 5.91 Å². The highest BCUT2D eigenvalue weighted by Gasteiger charge is 2.29. The van der Waals surface area contributed by atoms with Crippen molar-refractivity contribution in [1.82, 2.24) is 4.98 Å². The smallest absolute Gasteiger partial charge is 0.235 e. The third-order valence-electron chi connectivity index (χ3n) is 1.64. The zero-order chi connectivity index (χ0) is 7.56. The number of aliphatic hydroxyl groups is 1. The molecule has 1 amide bonds. The van der Waals surface area contributed by atoms with E-state index >= 15 is 0 Å². The molecule has 10 heavy (non-hydrogen) atoms. The summed E-state index contributed by atoms with van der Waals surface area (Å²) in [6, 6.07) is 1.64. The molecule has 56 valence electrons. The number of amides is 1. The molecule has 1 fully saturated rings. The molecule has 4 heteroatoms. The van der Waals surface area contributed by atoms with Gasteiger partial charge in [-0.3, -0.25) is 4.79 Å². The lowest BCUT2D eigenvalue weighted by atomic mass is 10.4. The van der Waals surface area contributed by atoms with Crippen LogP contribution in [0.15, 0.2) is 12.7 Å². The molecule has 0 aromatic rings. The standard InChI is InChI=1S/C6H11NO2Si/c1-2-6(9)7-10-3-5(8)4-10/h2,5,8,10H,1,3-4H2,(H,7,9). The third-order valence-corrected chi connectivity index (χ3v) is 4.56. The first-order valence-electron chi connectivity index (χ1n) is 3.33. The van der Waals surface area contributed by atoms with Gasteiger partial charge >= 0.3 is 0 Å². The normalized spacial score (nSPS) is 30.5. The van der Waals surface area contributed by atoms with E-state index in [2.05, 4.69) is 11.6 Å². The van der Waals surface area contributed by atoms with Crippen molar-refractivity contribution >= 4 is 14.9 Å². The second-order valence-electron chi connectivity index (χ2n) is 2.53. The third kappa shape index (κ3) is 1.68. The minimum atomic E-state index is -1.05. The zero-order valence-electron chi connectivity index (χ0n) is 5.71. The van der Waals surface area contributed by atoms with Crippen molar-refractivity contribution in [2.45, 2.75) is 18.2 Å². The lowest BCUT2D eigenvalue weighted by Crippen LogP contribution is -2.49. The van der Waals surface area contributed by atoms with Gasteiger partial charge in [-0.15, -0.1) is 0 Å². The molecule has 3 nitrogen and oxygen atoms in total. The molecule has 0 unspecified atom stereocenters. The molecule has 0 spiro atoms. The van der Waals surface area contributed by atoms with Crippen LogP contribution in [0.4, 0.5) is 0 Å². The Bertz CT molecular complexity index is 154. The lowest BCUT2D eigenvalue weighted by molar-refractivity contribution is -0.115. The number of aliphatic hydroxyl groups excluding tert-OH is 1. The van der Waals surface area contributed by atoms with Crippen LogP contribution in [-0.2, 0) is 4.79 Å². The van der Waals surface area contributed by atoms with E-state index in [1.165, 1.54) is 6.08 Å². The maximum absolute atomic E-state index is 10.6. The van der Waals surface area contributed by atoms with Crippen molar-refractivity contribution in [3.05, 3.63) is 12.7 Å². The summed E-state index contributed by atoms with van der Waals surface area (Å²) in [5.74, 6) is -0.0939. The van der Waals surface area contributed by atoms with Crippen LogP contribution < -0.4 is 4.98 Å². The average Bonchev–Trinajstić information content (AvgIpc) is 1.84. The van der Waals surface area contributed by atoms with Gasteiger partial charge in [0.15, 0.2) is 0 Å². The molecule has 2 N–H and O–H groups in total. The molecular formula is C6H11NO2Si. The Morgan fingerprint density at radius 1 is 1.80 bits per heavy atom. The van der Waals surface area contributed by atoms with Gasteiger partial charge in [0.1, 0.15) is 8.96 Å². The van der Waals surface area contributed by atoms with Crippen LogP contribution in [-0.4, -0.2) is 26.1 Å². The highest BCUT2D eigenvalue weighted by atomic mass is 28.3. The fourth-order valence-electron chi connectivity index (χ4n) is 0.966. The number of hydrogen-bond acceptors (Lipinski definition) is 2. The second kappa shape index (κ2) is 2.98. The van der Waals surface area contributed by atoms with Gasteiger partial charge in [-0.2, -0.15) is 0 Å². The van der Waals surface area contributed by atoms with Crippen molar-refractivity contribution in [2.24, 2.45) is 0 Å². The van der Waals surface area contributed by atoms with Crippen LogP contribution in [0.5, 0.6) is 0 Å². The summed E-state index contributed by atoms with van der Waals surface area (Å²) in [7, 11) is -1.05. The number of carbonyl (C=O) groups is 1. The van der Waals surface area contributed by atoms with E-state index < -0.39 is 8.96 Å².